The summed E-state index contributed by atoms with van der Waals surface area (Å²) in [5, 5.41) is 5.73. The summed E-state index contributed by atoms with van der Waals surface area (Å²) in [7, 11) is 0. The summed E-state index contributed by atoms with van der Waals surface area (Å²) in [6, 6.07) is 13.4. The molecular weight excluding hydrogens is 334 g/mol. The minimum Gasteiger partial charge on any atom is -0.483 e. The zero-order valence-electron chi connectivity index (χ0n) is 14.2. The molecule has 1 atom stereocenters. The van der Waals surface area contributed by atoms with Gasteiger partial charge in [-0.3, -0.25) is 4.79 Å². The largest absolute Gasteiger partial charge is 0.483 e. The van der Waals surface area contributed by atoms with E-state index < -0.39 is 0 Å². The van der Waals surface area contributed by atoms with E-state index in [1.54, 1.807) is 6.07 Å². The highest BCUT2D eigenvalue weighted by Gasteiger charge is 2.16. The third kappa shape index (κ3) is 2.89. The number of benzene rings is 2. The standard InChI is InChI=1S/C19H17N3O2S/c1-11-8-12(2)10-14(9-11)24-13(3)17-21-22-18(23)15-6-4-5-7-16(15)20-19(22)25-17/h4-10,13H,1-3H3. The van der Waals surface area contributed by atoms with Crippen molar-refractivity contribution in [2.75, 3.05) is 0 Å². The number of hydrogen-bond donors (Lipinski definition) is 0. The lowest BCUT2D eigenvalue weighted by molar-refractivity contribution is 0.224. The van der Waals surface area contributed by atoms with Gasteiger partial charge in [-0.05, 0) is 56.2 Å². The van der Waals surface area contributed by atoms with Crippen molar-refractivity contribution in [1.29, 1.82) is 0 Å². The Morgan fingerprint density at radius 1 is 1.12 bits per heavy atom. The van der Waals surface area contributed by atoms with Crippen LogP contribution in [0.4, 0.5) is 0 Å². The van der Waals surface area contributed by atoms with Crippen LogP contribution in [0.2, 0.25) is 0 Å². The maximum Gasteiger partial charge on any atom is 0.283 e. The summed E-state index contributed by atoms with van der Waals surface area (Å²) in [6.45, 7) is 6.01. The van der Waals surface area contributed by atoms with E-state index in [-0.39, 0.29) is 11.7 Å². The molecule has 25 heavy (non-hydrogen) atoms. The molecule has 0 aliphatic heterocycles. The second-order valence-electron chi connectivity index (χ2n) is 6.15. The van der Waals surface area contributed by atoms with Crippen molar-refractivity contribution in [3.63, 3.8) is 0 Å². The van der Waals surface area contributed by atoms with Gasteiger partial charge in [0, 0.05) is 0 Å². The fourth-order valence-corrected chi connectivity index (χ4v) is 3.77. The molecule has 2 aromatic carbocycles. The number of rotatable bonds is 3. The molecule has 1 unspecified atom stereocenters. The first-order valence-corrected chi connectivity index (χ1v) is 8.86. The van der Waals surface area contributed by atoms with E-state index in [1.807, 2.05) is 51.1 Å². The Labute approximate surface area is 148 Å². The fraction of sp³-hybridized carbons (Fsp3) is 0.211. The van der Waals surface area contributed by atoms with Crippen molar-refractivity contribution in [2.24, 2.45) is 0 Å². The van der Waals surface area contributed by atoms with E-state index in [4.69, 9.17) is 4.74 Å². The van der Waals surface area contributed by atoms with E-state index in [9.17, 15) is 4.79 Å². The number of para-hydroxylation sites is 1. The van der Waals surface area contributed by atoms with Crippen LogP contribution in [0.25, 0.3) is 15.9 Å². The molecule has 6 heteroatoms. The van der Waals surface area contributed by atoms with Crippen molar-refractivity contribution < 1.29 is 4.74 Å². The van der Waals surface area contributed by atoms with Crippen LogP contribution in [0.15, 0.2) is 47.3 Å². The molecule has 0 fully saturated rings. The molecule has 0 N–H and O–H groups in total. The molecule has 0 aliphatic rings. The molecule has 2 aromatic heterocycles. The van der Waals surface area contributed by atoms with Gasteiger partial charge in [-0.2, -0.15) is 9.61 Å². The summed E-state index contributed by atoms with van der Waals surface area (Å²) >= 11 is 1.38. The maximum absolute atomic E-state index is 12.6. The van der Waals surface area contributed by atoms with Gasteiger partial charge < -0.3 is 4.74 Å². The first-order valence-electron chi connectivity index (χ1n) is 8.05. The fourth-order valence-electron chi connectivity index (χ4n) is 2.89. The van der Waals surface area contributed by atoms with Crippen LogP contribution in [0, 0.1) is 13.8 Å². The third-order valence-corrected chi connectivity index (χ3v) is 5.04. The van der Waals surface area contributed by atoms with Gasteiger partial charge in [0.15, 0.2) is 5.01 Å². The topological polar surface area (TPSA) is 56.5 Å². The molecule has 0 spiro atoms. The summed E-state index contributed by atoms with van der Waals surface area (Å²) in [5.74, 6) is 0.801. The molecular formula is C19H17N3O2S. The number of fused-ring (bicyclic) bond motifs is 2. The molecule has 4 aromatic rings. The first kappa shape index (κ1) is 15.8. The summed E-state index contributed by atoms with van der Waals surface area (Å²) in [4.78, 5) is 17.7. The molecule has 0 bridgehead atoms. The minimum absolute atomic E-state index is 0.151. The third-order valence-electron chi connectivity index (χ3n) is 3.97. The van der Waals surface area contributed by atoms with Gasteiger partial charge in [-0.15, -0.1) is 0 Å². The van der Waals surface area contributed by atoms with Crippen LogP contribution in [-0.2, 0) is 0 Å². The molecule has 2 heterocycles. The maximum atomic E-state index is 12.6. The Morgan fingerprint density at radius 3 is 2.60 bits per heavy atom. The smallest absolute Gasteiger partial charge is 0.283 e. The highest BCUT2D eigenvalue weighted by Crippen LogP contribution is 2.26. The molecule has 5 nitrogen and oxygen atoms in total. The Morgan fingerprint density at radius 2 is 1.84 bits per heavy atom. The van der Waals surface area contributed by atoms with Crippen molar-refractivity contribution in [3.8, 4) is 5.75 Å². The zero-order valence-corrected chi connectivity index (χ0v) is 15.0. The number of ether oxygens (including phenoxy) is 1. The monoisotopic (exact) mass is 351 g/mol. The van der Waals surface area contributed by atoms with Crippen molar-refractivity contribution in [3.05, 3.63) is 69.0 Å². The molecule has 0 radical (unpaired) electrons. The van der Waals surface area contributed by atoms with Crippen LogP contribution < -0.4 is 10.3 Å². The highest BCUT2D eigenvalue weighted by molar-refractivity contribution is 7.16. The predicted octanol–water partition coefficient (Wildman–Crippen LogP) is 4.06. The van der Waals surface area contributed by atoms with E-state index in [2.05, 4.69) is 16.1 Å². The summed E-state index contributed by atoms with van der Waals surface area (Å²) in [5.41, 5.74) is 2.83. The Kier molecular flexibility index (Phi) is 3.77. The Balaban J connectivity index is 1.74. The van der Waals surface area contributed by atoms with Gasteiger partial charge in [0.1, 0.15) is 11.9 Å². The number of hydrogen-bond acceptors (Lipinski definition) is 5. The van der Waals surface area contributed by atoms with Crippen LogP contribution in [0.1, 0.15) is 29.2 Å². The second kappa shape index (κ2) is 5.97. The molecule has 0 saturated carbocycles. The number of aryl methyl sites for hydroxylation is 2. The Hall–Kier alpha value is -2.73. The molecule has 4 rings (SSSR count). The van der Waals surface area contributed by atoms with E-state index in [0.717, 1.165) is 21.9 Å². The van der Waals surface area contributed by atoms with E-state index >= 15 is 0 Å². The van der Waals surface area contributed by atoms with Crippen molar-refractivity contribution in [2.45, 2.75) is 26.9 Å². The molecule has 0 saturated heterocycles. The number of aromatic nitrogens is 3. The highest BCUT2D eigenvalue weighted by atomic mass is 32.1. The summed E-state index contributed by atoms with van der Waals surface area (Å²) < 4.78 is 7.40. The predicted molar refractivity (Wildman–Crippen MR) is 99.6 cm³/mol. The van der Waals surface area contributed by atoms with Crippen LogP contribution in [0.3, 0.4) is 0 Å². The van der Waals surface area contributed by atoms with Crippen LogP contribution in [0.5, 0.6) is 5.75 Å². The quantitative estimate of drug-likeness (QED) is 0.558. The van der Waals surface area contributed by atoms with Gasteiger partial charge in [-0.25, -0.2) is 4.98 Å². The lowest BCUT2D eigenvalue weighted by Crippen LogP contribution is -2.15. The molecule has 0 aliphatic carbocycles. The van der Waals surface area contributed by atoms with Gasteiger partial charge >= 0.3 is 0 Å². The van der Waals surface area contributed by atoms with Crippen LogP contribution in [-0.4, -0.2) is 14.6 Å². The summed E-state index contributed by atoms with van der Waals surface area (Å²) in [6.07, 6.45) is -0.268. The van der Waals surface area contributed by atoms with Gasteiger partial charge in [0.25, 0.3) is 5.56 Å². The van der Waals surface area contributed by atoms with Crippen molar-refractivity contribution >= 4 is 27.2 Å². The Bertz CT molecular complexity index is 1130. The zero-order chi connectivity index (χ0) is 17.6. The lowest BCUT2D eigenvalue weighted by atomic mass is 10.1. The van der Waals surface area contributed by atoms with E-state index in [1.165, 1.54) is 15.9 Å². The molecule has 126 valence electrons. The minimum atomic E-state index is -0.268. The normalized spacial score (nSPS) is 12.6. The van der Waals surface area contributed by atoms with Gasteiger partial charge in [-0.1, -0.05) is 29.5 Å². The first-order chi connectivity index (χ1) is 12.0. The second-order valence-corrected chi connectivity index (χ2v) is 7.14. The SMILES string of the molecule is Cc1cc(C)cc(OC(C)c2nn3c(=O)c4ccccc4nc3s2)c1. The van der Waals surface area contributed by atoms with Crippen LogP contribution >= 0.6 is 11.3 Å². The molecule has 0 amide bonds. The average Bonchev–Trinajstić information content (AvgIpc) is 2.98. The van der Waals surface area contributed by atoms with Gasteiger partial charge in [0.05, 0.1) is 10.9 Å². The van der Waals surface area contributed by atoms with Crippen molar-refractivity contribution in [1.82, 2.24) is 14.6 Å². The lowest BCUT2D eigenvalue weighted by Gasteiger charge is -2.13. The average molecular weight is 351 g/mol. The van der Waals surface area contributed by atoms with E-state index in [0.29, 0.717) is 15.9 Å². The number of nitrogens with zero attached hydrogens (tertiary/aromatic N) is 3. The van der Waals surface area contributed by atoms with Gasteiger partial charge in [0.2, 0.25) is 4.96 Å².